The Kier molecular flexibility index (Phi) is 3.95. The summed E-state index contributed by atoms with van der Waals surface area (Å²) in [7, 11) is 1.72. The van der Waals surface area contributed by atoms with Crippen molar-refractivity contribution in [2.24, 2.45) is 10.7 Å². The molecular weight excluding hydrogens is 194 g/mol. The van der Waals surface area contributed by atoms with E-state index in [-0.39, 0.29) is 0 Å². The second kappa shape index (κ2) is 5.00. The lowest BCUT2D eigenvalue weighted by Gasteiger charge is -2.26. The summed E-state index contributed by atoms with van der Waals surface area (Å²) in [6.45, 7) is 5.08. The van der Waals surface area contributed by atoms with Gasteiger partial charge in [0.1, 0.15) is 0 Å². The van der Waals surface area contributed by atoms with Gasteiger partial charge in [-0.05, 0) is 25.3 Å². The van der Waals surface area contributed by atoms with Crippen LogP contribution in [0, 0.1) is 0 Å². The van der Waals surface area contributed by atoms with Gasteiger partial charge in [-0.1, -0.05) is 6.07 Å². The smallest absolute Gasteiger partial charge is 0.191 e. The van der Waals surface area contributed by atoms with E-state index in [1.54, 1.807) is 18.4 Å². The van der Waals surface area contributed by atoms with Gasteiger partial charge in [-0.3, -0.25) is 4.99 Å². The normalized spacial score (nSPS) is 12.1. The fraction of sp³-hybridized carbons (Fsp3) is 0.500. The van der Waals surface area contributed by atoms with E-state index in [0.29, 0.717) is 12.0 Å². The molecule has 4 heteroatoms. The molecule has 0 aromatic carbocycles. The van der Waals surface area contributed by atoms with Crippen molar-refractivity contribution in [3.63, 3.8) is 0 Å². The summed E-state index contributed by atoms with van der Waals surface area (Å²) in [5.41, 5.74) is 5.82. The van der Waals surface area contributed by atoms with E-state index in [0.717, 1.165) is 6.54 Å². The number of nitrogens with two attached hydrogens (primary N) is 1. The Morgan fingerprint density at radius 1 is 1.64 bits per heavy atom. The lowest BCUT2D eigenvalue weighted by molar-refractivity contribution is 0.341. The van der Waals surface area contributed by atoms with Crippen molar-refractivity contribution in [1.29, 1.82) is 0 Å². The lowest BCUT2D eigenvalue weighted by atomic mass is 10.3. The zero-order valence-corrected chi connectivity index (χ0v) is 9.71. The van der Waals surface area contributed by atoms with Crippen LogP contribution in [0.4, 0.5) is 0 Å². The molecule has 0 aliphatic rings. The molecule has 0 saturated carbocycles. The van der Waals surface area contributed by atoms with Crippen molar-refractivity contribution in [2.45, 2.75) is 26.4 Å². The van der Waals surface area contributed by atoms with Crippen LogP contribution in [-0.4, -0.2) is 23.9 Å². The molecule has 1 aromatic heterocycles. The first-order valence-electron chi connectivity index (χ1n) is 4.66. The summed E-state index contributed by atoms with van der Waals surface area (Å²) in [6, 6.07) is 4.54. The van der Waals surface area contributed by atoms with Crippen molar-refractivity contribution in [2.75, 3.05) is 7.05 Å². The highest BCUT2D eigenvalue weighted by molar-refractivity contribution is 7.09. The van der Waals surface area contributed by atoms with Crippen LogP contribution in [0.15, 0.2) is 22.5 Å². The Hall–Kier alpha value is -1.03. The zero-order chi connectivity index (χ0) is 10.6. The standard InChI is InChI=1S/C10H17N3S/c1-8(2)13(10(11)12-3)7-9-5-4-6-14-9/h4-6,8H,7H2,1-3H3,(H2,11,12). The summed E-state index contributed by atoms with van der Waals surface area (Å²) in [4.78, 5) is 7.42. The molecule has 3 nitrogen and oxygen atoms in total. The van der Waals surface area contributed by atoms with Crippen molar-refractivity contribution in [1.82, 2.24) is 4.90 Å². The van der Waals surface area contributed by atoms with Crippen molar-refractivity contribution in [3.05, 3.63) is 22.4 Å². The number of thiophene rings is 1. The number of rotatable bonds is 3. The fourth-order valence-electron chi connectivity index (χ4n) is 1.23. The Morgan fingerprint density at radius 3 is 2.79 bits per heavy atom. The van der Waals surface area contributed by atoms with Gasteiger partial charge in [-0.2, -0.15) is 0 Å². The maximum absolute atomic E-state index is 5.82. The van der Waals surface area contributed by atoms with Crippen LogP contribution in [0.2, 0.25) is 0 Å². The predicted molar refractivity (Wildman–Crippen MR) is 62.5 cm³/mol. The molecule has 78 valence electrons. The largest absolute Gasteiger partial charge is 0.370 e. The summed E-state index contributed by atoms with van der Waals surface area (Å²) in [5, 5.41) is 2.08. The van der Waals surface area contributed by atoms with Crippen LogP contribution in [-0.2, 0) is 6.54 Å². The van der Waals surface area contributed by atoms with Gasteiger partial charge in [0.25, 0.3) is 0 Å². The first kappa shape index (κ1) is 11.0. The third kappa shape index (κ3) is 2.73. The SMILES string of the molecule is CN=C(N)N(Cc1cccs1)C(C)C. The molecule has 0 amide bonds. The summed E-state index contributed by atoms with van der Waals surface area (Å²) in [5.74, 6) is 0.605. The summed E-state index contributed by atoms with van der Waals surface area (Å²) in [6.07, 6.45) is 0. The van der Waals surface area contributed by atoms with Crippen molar-refractivity contribution < 1.29 is 0 Å². The van der Waals surface area contributed by atoms with Gasteiger partial charge in [0.2, 0.25) is 0 Å². The van der Waals surface area contributed by atoms with Crippen LogP contribution in [0.5, 0.6) is 0 Å². The molecule has 0 saturated heterocycles. The number of nitrogens with zero attached hydrogens (tertiary/aromatic N) is 2. The molecular formula is C10H17N3S. The van der Waals surface area contributed by atoms with Gasteiger partial charge >= 0.3 is 0 Å². The molecule has 1 rings (SSSR count). The number of aliphatic imine (C=N–C) groups is 1. The van der Waals surface area contributed by atoms with E-state index >= 15 is 0 Å². The molecule has 0 bridgehead atoms. The molecule has 0 fully saturated rings. The van der Waals surface area contributed by atoms with Gasteiger partial charge in [-0.25, -0.2) is 0 Å². The Morgan fingerprint density at radius 2 is 2.36 bits per heavy atom. The lowest BCUT2D eigenvalue weighted by Crippen LogP contribution is -2.41. The second-order valence-corrected chi connectivity index (χ2v) is 4.42. The average molecular weight is 211 g/mol. The number of guanidine groups is 1. The molecule has 0 unspecified atom stereocenters. The molecule has 2 N–H and O–H groups in total. The minimum Gasteiger partial charge on any atom is -0.370 e. The van der Waals surface area contributed by atoms with E-state index in [1.165, 1.54) is 4.88 Å². The molecule has 0 spiro atoms. The highest BCUT2D eigenvalue weighted by atomic mass is 32.1. The van der Waals surface area contributed by atoms with E-state index in [4.69, 9.17) is 5.73 Å². The molecule has 0 aliphatic carbocycles. The first-order valence-corrected chi connectivity index (χ1v) is 5.54. The summed E-state index contributed by atoms with van der Waals surface area (Å²) >= 11 is 1.74. The topological polar surface area (TPSA) is 41.6 Å². The van der Waals surface area contributed by atoms with Gasteiger partial charge in [0.05, 0.1) is 6.54 Å². The van der Waals surface area contributed by atoms with Crippen LogP contribution in [0.1, 0.15) is 18.7 Å². The van der Waals surface area contributed by atoms with Gasteiger partial charge in [0, 0.05) is 18.0 Å². The van der Waals surface area contributed by atoms with Crippen LogP contribution < -0.4 is 5.73 Å². The Labute approximate surface area is 89.3 Å². The Bertz CT molecular complexity index is 290. The van der Waals surface area contributed by atoms with E-state index < -0.39 is 0 Å². The maximum atomic E-state index is 5.82. The average Bonchev–Trinajstić information content (AvgIpc) is 2.65. The monoisotopic (exact) mass is 211 g/mol. The van der Waals surface area contributed by atoms with E-state index in [2.05, 4.69) is 41.3 Å². The maximum Gasteiger partial charge on any atom is 0.191 e. The van der Waals surface area contributed by atoms with Gasteiger partial charge < -0.3 is 10.6 Å². The molecule has 1 heterocycles. The van der Waals surface area contributed by atoms with E-state index in [1.807, 2.05) is 0 Å². The molecule has 0 atom stereocenters. The van der Waals surface area contributed by atoms with Crippen LogP contribution in [0.25, 0.3) is 0 Å². The fourth-order valence-corrected chi connectivity index (χ4v) is 1.93. The van der Waals surface area contributed by atoms with Crippen LogP contribution >= 0.6 is 11.3 Å². The molecule has 14 heavy (non-hydrogen) atoms. The third-order valence-corrected chi connectivity index (χ3v) is 2.91. The molecule has 0 aliphatic heterocycles. The van der Waals surface area contributed by atoms with Crippen molar-refractivity contribution >= 4 is 17.3 Å². The minimum atomic E-state index is 0.376. The van der Waals surface area contributed by atoms with Crippen LogP contribution in [0.3, 0.4) is 0 Å². The predicted octanol–water partition coefficient (Wildman–Crippen LogP) is 1.90. The molecule has 1 aromatic rings. The Balaban J connectivity index is 2.70. The molecule has 0 radical (unpaired) electrons. The van der Waals surface area contributed by atoms with Crippen molar-refractivity contribution in [3.8, 4) is 0 Å². The zero-order valence-electron chi connectivity index (χ0n) is 8.90. The highest BCUT2D eigenvalue weighted by Gasteiger charge is 2.12. The first-order chi connectivity index (χ1) is 6.65. The number of hydrogen-bond acceptors (Lipinski definition) is 2. The highest BCUT2D eigenvalue weighted by Crippen LogP contribution is 2.13. The third-order valence-electron chi connectivity index (χ3n) is 2.05. The minimum absolute atomic E-state index is 0.376. The number of hydrogen-bond donors (Lipinski definition) is 1. The van der Waals surface area contributed by atoms with Gasteiger partial charge in [0.15, 0.2) is 5.96 Å². The van der Waals surface area contributed by atoms with Gasteiger partial charge in [-0.15, -0.1) is 11.3 Å². The second-order valence-electron chi connectivity index (χ2n) is 3.38. The summed E-state index contributed by atoms with van der Waals surface area (Å²) < 4.78 is 0. The van der Waals surface area contributed by atoms with E-state index in [9.17, 15) is 0 Å². The quantitative estimate of drug-likeness (QED) is 0.613.